The molecular formula is C22H22N4O3. The fourth-order valence-corrected chi connectivity index (χ4v) is 4.71. The quantitative estimate of drug-likeness (QED) is 0.691. The van der Waals surface area contributed by atoms with E-state index in [2.05, 4.69) is 4.98 Å². The molecule has 7 heteroatoms. The summed E-state index contributed by atoms with van der Waals surface area (Å²) in [5.74, 6) is -1.29. The molecule has 3 unspecified atom stereocenters. The molecule has 29 heavy (non-hydrogen) atoms. The van der Waals surface area contributed by atoms with Crippen molar-refractivity contribution in [2.45, 2.75) is 31.4 Å². The van der Waals surface area contributed by atoms with Crippen LogP contribution in [0.5, 0.6) is 5.75 Å². The van der Waals surface area contributed by atoms with Crippen LogP contribution in [-0.4, -0.2) is 38.4 Å². The third-order valence-electron chi connectivity index (χ3n) is 6.06. The van der Waals surface area contributed by atoms with Crippen LogP contribution in [0.1, 0.15) is 30.5 Å². The van der Waals surface area contributed by atoms with E-state index in [1.54, 1.807) is 4.90 Å². The largest absolute Gasteiger partial charge is 0.468 e. The molecule has 2 N–H and O–H groups in total. The molecule has 1 fully saturated rings. The fraction of sp³-hybridized carbons (Fsp3) is 0.318. The summed E-state index contributed by atoms with van der Waals surface area (Å²) in [5.41, 5.74) is 7.46. The van der Waals surface area contributed by atoms with Gasteiger partial charge in [0.25, 0.3) is 0 Å². The minimum atomic E-state index is -0.880. The maximum atomic E-state index is 13.3. The van der Waals surface area contributed by atoms with Crippen LogP contribution >= 0.6 is 0 Å². The van der Waals surface area contributed by atoms with Gasteiger partial charge in [-0.2, -0.15) is 0 Å². The molecule has 2 aromatic heterocycles. The molecule has 1 aromatic carbocycles. The Morgan fingerprint density at radius 1 is 1.28 bits per heavy atom. The summed E-state index contributed by atoms with van der Waals surface area (Å²) in [6.07, 6.45) is 4.99. The van der Waals surface area contributed by atoms with Crippen molar-refractivity contribution < 1.29 is 14.3 Å². The second kappa shape index (κ2) is 6.34. The lowest BCUT2D eigenvalue weighted by atomic mass is 9.73. The predicted molar refractivity (Wildman–Crippen MR) is 106 cm³/mol. The summed E-state index contributed by atoms with van der Waals surface area (Å²) in [5, 5.41) is 0. The number of amides is 2. The first-order valence-corrected chi connectivity index (χ1v) is 9.78. The maximum Gasteiger partial charge on any atom is 0.238 e. The van der Waals surface area contributed by atoms with Gasteiger partial charge in [-0.15, -0.1) is 0 Å². The molecule has 2 amide bonds. The molecule has 1 saturated heterocycles. The highest BCUT2D eigenvalue weighted by molar-refractivity contribution is 6.01. The van der Waals surface area contributed by atoms with Crippen molar-refractivity contribution in [3.8, 4) is 5.75 Å². The van der Waals surface area contributed by atoms with Gasteiger partial charge >= 0.3 is 0 Å². The molecule has 3 aromatic rings. The Kier molecular flexibility index (Phi) is 3.87. The lowest BCUT2D eigenvalue weighted by Gasteiger charge is -2.52. The zero-order chi connectivity index (χ0) is 20.2. The van der Waals surface area contributed by atoms with Gasteiger partial charge in [0.2, 0.25) is 11.8 Å². The van der Waals surface area contributed by atoms with Crippen LogP contribution in [0, 0.1) is 5.92 Å². The van der Waals surface area contributed by atoms with Crippen LogP contribution in [0.2, 0.25) is 0 Å². The molecule has 3 atom stereocenters. The van der Waals surface area contributed by atoms with Gasteiger partial charge in [0, 0.05) is 37.7 Å². The van der Waals surface area contributed by atoms with Gasteiger partial charge in [0.05, 0.1) is 5.69 Å². The van der Waals surface area contributed by atoms with E-state index in [4.69, 9.17) is 10.5 Å². The number of likely N-dealkylation sites (tertiary alicyclic amines) is 1. The van der Waals surface area contributed by atoms with E-state index in [-0.39, 0.29) is 11.8 Å². The SMILES string of the molecule is CC12CC(c3ccccc3O1)C(C(N)=O)C(=O)N2CCc1cn2ccccc2n1. The summed E-state index contributed by atoms with van der Waals surface area (Å²) < 4.78 is 8.23. The zero-order valence-corrected chi connectivity index (χ0v) is 16.1. The van der Waals surface area contributed by atoms with E-state index in [0.29, 0.717) is 25.1 Å². The maximum absolute atomic E-state index is 13.3. The molecule has 148 valence electrons. The lowest BCUT2D eigenvalue weighted by molar-refractivity contribution is -0.175. The molecule has 2 aliphatic rings. The van der Waals surface area contributed by atoms with Gasteiger partial charge in [0.1, 0.15) is 17.3 Å². The Bertz CT molecular complexity index is 1090. The molecule has 0 saturated carbocycles. The molecule has 0 radical (unpaired) electrons. The van der Waals surface area contributed by atoms with E-state index >= 15 is 0 Å². The Labute approximate surface area is 168 Å². The smallest absolute Gasteiger partial charge is 0.238 e. The first-order chi connectivity index (χ1) is 14.0. The number of fused-ring (bicyclic) bond motifs is 5. The van der Waals surface area contributed by atoms with E-state index < -0.39 is 17.6 Å². The number of nitrogens with two attached hydrogens (primary N) is 1. The van der Waals surface area contributed by atoms with E-state index in [9.17, 15) is 9.59 Å². The van der Waals surface area contributed by atoms with Crippen LogP contribution in [0.3, 0.4) is 0 Å². The number of hydrogen-bond acceptors (Lipinski definition) is 4. The molecule has 7 nitrogen and oxygen atoms in total. The van der Waals surface area contributed by atoms with Crippen molar-refractivity contribution >= 4 is 17.5 Å². The van der Waals surface area contributed by atoms with Crippen molar-refractivity contribution in [2.24, 2.45) is 11.7 Å². The number of hydrogen-bond donors (Lipinski definition) is 1. The third-order valence-corrected chi connectivity index (χ3v) is 6.06. The summed E-state index contributed by atoms with van der Waals surface area (Å²) in [4.78, 5) is 31.8. The van der Waals surface area contributed by atoms with Crippen molar-refractivity contribution in [1.29, 1.82) is 0 Å². The Balaban J connectivity index is 1.47. The number of carbonyl (C=O) groups is 2. The van der Waals surface area contributed by atoms with E-state index in [1.807, 2.05) is 66.2 Å². The average molecular weight is 390 g/mol. The molecule has 2 bridgehead atoms. The Hall–Kier alpha value is -3.35. The number of benzene rings is 1. The van der Waals surface area contributed by atoms with Crippen LogP contribution in [0.25, 0.3) is 5.65 Å². The minimum Gasteiger partial charge on any atom is -0.468 e. The topological polar surface area (TPSA) is 89.9 Å². The number of pyridine rings is 1. The van der Waals surface area contributed by atoms with Crippen molar-refractivity contribution in [3.63, 3.8) is 0 Å². The van der Waals surface area contributed by atoms with Crippen LogP contribution in [-0.2, 0) is 16.0 Å². The lowest BCUT2D eigenvalue weighted by Crippen LogP contribution is -2.64. The van der Waals surface area contributed by atoms with Gasteiger partial charge in [-0.05, 0) is 30.7 Å². The summed E-state index contributed by atoms with van der Waals surface area (Å²) in [6, 6.07) is 13.4. The van der Waals surface area contributed by atoms with Crippen LogP contribution < -0.4 is 10.5 Å². The summed E-state index contributed by atoms with van der Waals surface area (Å²) >= 11 is 0. The van der Waals surface area contributed by atoms with Gasteiger partial charge < -0.3 is 19.8 Å². The molecule has 0 spiro atoms. The number of primary amides is 1. The highest BCUT2D eigenvalue weighted by atomic mass is 16.5. The summed E-state index contributed by atoms with van der Waals surface area (Å²) in [6.45, 7) is 2.31. The second-order valence-corrected chi connectivity index (χ2v) is 7.94. The molecule has 2 aliphatic heterocycles. The third kappa shape index (κ3) is 2.76. The standard InChI is InChI=1S/C22H22N4O3/c1-22-12-16(15-6-2-3-7-17(15)29-22)19(20(23)27)21(28)26(22)11-9-14-13-25-10-5-4-8-18(25)24-14/h2-8,10,13,16,19H,9,11-12H2,1H3,(H2,23,27). The van der Waals surface area contributed by atoms with Crippen molar-refractivity contribution in [3.05, 3.63) is 66.1 Å². The number of rotatable bonds is 4. The van der Waals surface area contributed by atoms with Crippen molar-refractivity contribution in [2.75, 3.05) is 6.54 Å². The number of imidazole rings is 1. The second-order valence-electron chi connectivity index (χ2n) is 7.94. The van der Waals surface area contributed by atoms with Gasteiger partial charge in [0.15, 0.2) is 5.72 Å². The fourth-order valence-electron chi connectivity index (χ4n) is 4.71. The molecule has 0 aliphatic carbocycles. The first-order valence-electron chi connectivity index (χ1n) is 9.78. The highest BCUT2D eigenvalue weighted by Crippen LogP contribution is 2.49. The van der Waals surface area contributed by atoms with Crippen molar-refractivity contribution in [1.82, 2.24) is 14.3 Å². The molecule has 5 rings (SSSR count). The molecular weight excluding hydrogens is 368 g/mol. The molecule has 4 heterocycles. The monoisotopic (exact) mass is 390 g/mol. The van der Waals surface area contributed by atoms with E-state index in [0.717, 1.165) is 16.9 Å². The number of para-hydroxylation sites is 1. The zero-order valence-electron chi connectivity index (χ0n) is 16.1. The first kappa shape index (κ1) is 17.7. The number of aromatic nitrogens is 2. The Morgan fingerprint density at radius 2 is 2.07 bits per heavy atom. The highest BCUT2D eigenvalue weighted by Gasteiger charge is 2.55. The Morgan fingerprint density at radius 3 is 2.86 bits per heavy atom. The average Bonchev–Trinajstić information content (AvgIpc) is 3.10. The number of carbonyl (C=O) groups excluding carboxylic acids is 2. The number of piperidine rings is 1. The number of nitrogens with zero attached hydrogens (tertiary/aromatic N) is 3. The normalized spacial score (nSPS) is 25.6. The summed E-state index contributed by atoms with van der Waals surface area (Å²) in [7, 11) is 0. The van der Waals surface area contributed by atoms with Gasteiger partial charge in [-0.1, -0.05) is 24.3 Å². The predicted octanol–water partition coefficient (Wildman–Crippen LogP) is 2.10. The van der Waals surface area contributed by atoms with Crippen LogP contribution in [0.4, 0.5) is 0 Å². The minimum absolute atomic E-state index is 0.263. The number of ether oxygens (including phenoxy) is 1. The van der Waals surface area contributed by atoms with E-state index in [1.165, 1.54) is 0 Å². The van der Waals surface area contributed by atoms with Gasteiger partial charge in [-0.3, -0.25) is 9.59 Å². The van der Waals surface area contributed by atoms with Crippen LogP contribution in [0.15, 0.2) is 54.9 Å². The van der Waals surface area contributed by atoms with Gasteiger partial charge in [-0.25, -0.2) is 4.98 Å².